The van der Waals surface area contributed by atoms with E-state index >= 15 is 0 Å². The predicted octanol–water partition coefficient (Wildman–Crippen LogP) is 3.29. The van der Waals surface area contributed by atoms with Crippen LogP contribution in [0.3, 0.4) is 0 Å². The van der Waals surface area contributed by atoms with Gasteiger partial charge >= 0.3 is 0 Å². The van der Waals surface area contributed by atoms with Crippen LogP contribution in [0, 0.1) is 12.8 Å². The minimum absolute atomic E-state index is 0.0623. The van der Waals surface area contributed by atoms with Gasteiger partial charge < -0.3 is 10.3 Å². The van der Waals surface area contributed by atoms with Crippen LogP contribution >= 0.6 is 0 Å². The van der Waals surface area contributed by atoms with Gasteiger partial charge in [-0.15, -0.1) is 0 Å². The minimum Gasteiger partial charge on any atom is -0.329 e. The van der Waals surface area contributed by atoms with E-state index in [9.17, 15) is 0 Å². The van der Waals surface area contributed by atoms with E-state index in [0.717, 1.165) is 18.7 Å². The second-order valence-electron chi connectivity index (χ2n) is 5.67. The van der Waals surface area contributed by atoms with Gasteiger partial charge in [-0.1, -0.05) is 43.7 Å². The van der Waals surface area contributed by atoms with Gasteiger partial charge in [-0.25, -0.2) is 4.98 Å². The maximum absolute atomic E-state index is 6.26. The Balaban J connectivity index is 2.15. The van der Waals surface area contributed by atoms with Crippen molar-refractivity contribution in [2.24, 2.45) is 11.7 Å². The highest BCUT2D eigenvalue weighted by atomic mass is 15.1. The molecule has 19 heavy (non-hydrogen) atoms. The molecular formula is C16H23N3. The number of hydrogen-bond acceptors (Lipinski definition) is 2. The van der Waals surface area contributed by atoms with Crippen LogP contribution < -0.4 is 5.73 Å². The van der Waals surface area contributed by atoms with Gasteiger partial charge in [0.05, 0.1) is 12.0 Å². The fourth-order valence-corrected chi connectivity index (χ4v) is 2.41. The molecule has 2 aromatic rings. The molecule has 0 saturated heterocycles. The van der Waals surface area contributed by atoms with Gasteiger partial charge in [0.1, 0.15) is 0 Å². The molecule has 0 aliphatic rings. The summed E-state index contributed by atoms with van der Waals surface area (Å²) in [5.41, 5.74) is 9.96. The normalized spacial score (nSPS) is 12.9. The molecule has 0 aliphatic heterocycles. The molecule has 1 unspecified atom stereocenters. The molecule has 1 aromatic carbocycles. The van der Waals surface area contributed by atoms with Crippen molar-refractivity contribution in [3.63, 3.8) is 0 Å². The van der Waals surface area contributed by atoms with E-state index in [1.165, 1.54) is 11.1 Å². The van der Waals surface area contributed by atoms with Gasteiger partial charge in [0.2, 0.25) is 0 Å². The molecule has 0 saturated carbocycles. The Kier molecular flexibility index (Phi) is 4.38. The summed E-state index contributed by atoms with van der Waals surface area (Å²) in [6, 6.07) is 8.62. The molecule has 0 radical (unpaired) electrons. The summed E-state index contributed by atoms with van der Waals surface area (Å²) < 4.78 is 2.15. The number of imidazole rings is 1. The summed E-state index contributed by atoms with van der Waals surface area (Å²) in [6.07, 6.45) is 4.75. The van der Waals surface area contributed by atoms with E-state index in [1.54, 1.807) is 0 Å². The standard InChI is InChI=1S/C16H23N3/c1-12(2)7-15(17)16-9-18-11-19(16)10-14-6-4-5-13(3)8-14/h4-6,8-9,11-12,15H,7,10,17H2,1-3H3. The Bertz CT molecular complexity index is 528. The Morgan fingerprint density at radius 2 is 2.11 bits per heavy atom. The average Bonchev–Trinajstić information content (AvgIpc) is 2.76. The number of nitrogens with zero attached hydrogens (tertiary/aromatic N) is 2. The SMILES string of the molecule is Cc1cccc(Cn2cncc2C(N)CC(C)C)c1. The minimum atomic E-state index is 0.0623. The predicted molar refractivity (Wildman–Crippen MR) is 78.9 cm³/mol. The number of aryl methyl sites for hydroxylation is 1. The molecular weight excluding hydrogens is 234 g/mol. The number of hydrogen-bond donors (Lipinski definition) is 1. The van der Waals surface area contributed by atoms with Gasteiger partial charge in [0.25, 0.3) is 0 Å². The molecule has 102 valence electrons. The summed E-state index contributed by atoms with van der Waals surface area (Å²) >= 11 is 0. The molecule has 0 spiro atoms. The van der Waals surface area contributed by atoms with Crippen molar-refractivity contribution in [1.29, 1.82) is 0 Å². The second-order valence-corrected chi connectivity index (χ2v) is 5.67. The van der Waals surface area contributed by atoms with E-state index in [4.69, 9.17) is 5.73 Å². The summed E-state index contributed by atoms with van der Waals surface area (Å²) in [4.78, 5) is 4.25. The third kappa shape index (κ3) is 3.67. The molecule has 0 fully saturated rings. The number of nitrogens with two attached hydrogens (primary N) is 1. The van der Waals surface area contributed by atoms with Crippen molar-refractivity contribution in [1.82, 2.24) is 9.55 Å². The molecule has 3 nitrogen and oxygen atoms in total. The van der Waals surface area contributed by atoms with Gasteiger partial charge in [-0.05, 0) is 24.8 Å². The highest BCUT2D eigenvalue weighted by molar-refractivity contribution is 5.23. The molecule has 2 N–H and O–H groups in total. The van der Waals surface area contributed by atoms with Crippen LogP contribution in [0.2, 0.25) is 0 Å². The zero-order valence-electron chi connectivity index (χ0n) is 12.0. The first kappa shape index (κ1) is 13.8. The summed E-state index contributed by atoms with van der Waals surface area (Å²) in [7, 11) is 0. The molecule has 0 aliphatic carbocycles. The lowest BCUT2D eigenvalue weighted by Gasteiger charge is -2.16. The number of aromatic nitrogens is 2. The monoisotopic (exact) mass is 257 g/mol. The molecule has 2 rings (SSSR count). The zero-order valence-corrected chi connectivity index (χ0v) is 12.0. The van der Waals surface area contributed by atoms with Crippen molar-refractivity contribution in [3.05, 3.63) is 53.6 Å². The molecule has 0 amide bonds. The van der Waals surface area contributed by atoms with E-state index in [2.05, 4.69) is 54.6 Å². The molecule has 1 heterocycles. The third-order valence-electron chi connectivity index (χ3n) is 3.29. The topological polar surface area (TPSA) is 43.8 Å². The van der Waals surface area contributed by atoms with Crippen LogP contribution in [0.4, 0.5) is 0 Å². The Hall–Kier alpha value is -1.61. The lowest BCUT2D eigenvalue weighted by molar-refractivity contribution is 0.488. The van der Waals surface area contributed by atoms with Crippen LogP contribution in [0.1, 0.15) is 43.1 Å². The van der Waals surface area contributed by atoms with Crippen LogP contribution in [-0.2, 0) is 6.54 Å². The van der Waals surface area contributed by atoms with Gasteiger partial charge in [-0.2, -0.15) is 0 Å². The van der Waals surface area contributed by atoms with E-state index < -0.39 is 0 Å². The lowest BCUT2D eigenvalue weighted by Crippen LogP contribution is -2.17. The molecule has 1 atom stereocenters. The van der Waals surface area contributed by atoms with Crippen molar-refractivity contribution in [2.75, 3.05) is 0 Å². The highest BCUT2D eigenvalue weighted by Crippen LogP contribution is 2.19. The molecule has 3 heteroatoms. The Morgan fingerprint density at radius 1 is 1.32 bits per heavy atom. The quantitative estimate of drug-likeness (QED) is 0.893. The summed E-state index contributed by atoms with van der Waals surface area (Å²) in [5, 5.41) is 0. The molecule has 1 aromatic heterocycles. The summed E-state index contributed by atoms with van der Waals surface area (Å²) in [5.74, 6) is 0.595. The first-order valence-corrected chi connectivity index (χ1v) is 6.87. The number of rotatable bonds is 5. The van der Waals surface area contributed by atoms with Crippen molar-refractivity contribution >= 4 is 0 Å². The Labute approximate surface area is 115 Å². The zero-order chi connectivity index (χ0) is 13.8. The number of benzene rings is 1. The van der Waals surface area contributed by atoms with E-state index in [1.807, 2.05) is 12.5 Å². The first-order chi connectivity index (χ1) is 9.06. The Morgan fingerprint density at radius 3 is 2.79 bits per heavy atom. The maximum Gasteiger partial charge on any atom is 0.0951 e. The highest BCUT2D eigenvalue weighted by Gasteiger charge is 2.13. The fraction of sp³-hybridized carbons (Fsp3) is 0.438. The van der Waals surface area contributed by atoms with Gasteiger partial charge in [-0.3, -0.25) is 0 Å². The van der Waals surface area contributed by atoms with Crippen molar-refractivity contribution in [2.45, 2.75) is 39.8 Å². The fourth-order valence-electron chi connectivity index (χ4n) is 2.41. The van der Waals surface area contributed by atoms with Crippen molar-refractivity contribution in [3.8, 4) is 0 Å². The lowest BCUT2D eigenvalue weighted by atomic mass is 10.0. The van der Waals surface area contributed by atoms with Crippen LogP contribution in [0.5, 0.6) is 0 Å². The van der Waals surface area contributed by atoms with E-state index in [0.29, 0.717) is 5.92 Å². The largest absolute Gasteiger partial charge is 0.329 e. The second kappa shape index (κ2) is 6.02. The van der Waals surface area contributed by atoms with Crippen LogP contribution in [0.15, 0.2) is 36.8 Å². The average molecular weight is 257 g/mol. The maximum atomic E-state index is 6.26. The smallest absolute Gasteiger partial charge is 0.0951 e. The van der Waals surface area contributed by atoms with E-state index in [-0.39, 0.29) is 6.04 Å². The van der Waals surface area contributed by atoms with Gasteiger partial charge in [0, 0.05) is 18.8 Å². The van der Waals surface area contributed by atoms with Crippen molar-refractivity contribution < 1.29 is 0 Å². The summed E-state index contributed by atoms with van der Waals surface area (Å²) in [6.45, 7) is 7.34. The van der Waals surface area contributed by atoms with Crippen LogP contribution in [-0.4, -0.2) is 9.55 Å². The van der Waals surface area contributed by atoms with Crippen LogP contribution in [0.25, 0.3) is 0 Å². The molecule has 0 bridgehead atoms. The third-order valence-corrected chi connectivity index (χ3v) is 3.29. The van der Waals surface area contributed by atoms with Gasteiger partial charge in [0.15, 0.2) is 0 Å². The first-order valence-electron chi connectivity index (χ1n) is 6.87.